The molecule has 0 aromatic heterocycles. The van der Waals surface area contributed by atoms with Crippen LogP contribution in [0.4, 0.5) is 4.39 Å². The first-order chi connectivity index (χ1) is 9.30. The summed E-state index contributed by atoms with van der Waals surface area (Å²) in [4.78, 5) is 2.02. The molecule has 0 radical (unpaired) electrons. The molecule has 0 amide bonds. The van der Waals surface area contributed by atoms with Crippen LogP contribution in [-0.2, 0) is 9.84 Å². The second-order valence-electron chi connectivity index (χ2n) is 5.58. The van der Waals surface area contributed by atoms with Crippen LogP contribution in [0.1, 0.15) is 24.9 Å². The van der Waals surface area contributed by atoms with Crippen LogP contribution in [0.15, 0.2) is 24.3 Å². The van der Waals surface area contributed by atoms with Gasteiger partial charge in [-0.15, -0.1) is 0 Å². The average molecular weight is 300 g/mol. The van der Waals surface area contributed by atoms with Gasteiger partial charge in [0.1, 0.15) is 5.82 Å². The quantitative estimate of drug-likeness (QED) is 0.911. The highest BCUT2D eigenvalue weighted by atomic mass is 32.2. The standard InChI is InChI=1S/C14H21FN2O2S/c1-10(16)14(11-3-5-12(15)6-4-11)17(2)13-7-8-20(18,19)9-13/h3-6,10,13-14H,7-9,16H2,1-2H3. The maximum Gasteiger partial charge on any atom is 0.151 e. The lowest BCUT2D eigenvalue weighted by Crippen LogP contribution is -2.43. The van der Waals surface area contributed by atoms with Crippen molar-refractivity contribution in [3.05, 3.63) is 35.6 Å². The Morgan fingerprint density at radius 3 is 2.40 bits per heavy atom. The molecule has 1 aliphatic heterocycles. The van der Waals surface area contributed by atoms with Gasteiger partial charge in [-0.2, -0.15) is 0 Å². The third-order valence-corrected chi connectivity index (χ3v) is 5.68. The molecular weight excluding hydrogens is 279 g/mol. The molecule has 2 N–H and O–H groups in total. The lowest BCUT2D eigenvalue weighted by Gasteiger charge is -2.35. The first-order valence-corrected chi connectivity index (χ1v) is 8.56. The molecule has 0 aliphatic carbocycles. The number of nitrogens with zero attached hydrogens (tertiary/aromatic N) is 1. The molecule has 1 fully saturated rings. The monoisotopic (exact) mass is 300 g/mol. The fourth-order valence-corrected chi connectivity index (χ4v) is 4.68. The summed E-state index contributed by atoms with van der Waals surface area (Å²) in [6.07, 6.45) is 0.628. The van der Waals surface area contributed by atoms with Gasteiger partial charge in [0, 0.05) is 18.1 Å². The van der Waals surface area contributed by atoms with E-state index in [0.717, 1.165) is 5.56 Å². The van der Waals surface area contributed by atoms with Gasteiger partial charge < -0.3 is 5.73 Å². The van der Waals surface area contributed by atoms with Crippen molar-refractivity contribution in [3.8, 4) is 0 Å². The Hall–Kier alpha value is -0.980. The molecule has 0 bridgehead atoms. The lowest BCUT2D eigenvalue weighted by atomic mass is 9.98. The van der Waals surface area contributed by atoms with Gasteiger partial charge in [0.05, 0.1) is 11.5 Å². The zero-order valence-electron chi connectivity index (χ0n) is 11.8. The van der Waals surface area contributed by atoms with Gasteiger partial charge in [0.25, 0.3) is 0 Å². The van der Waals surface area contributed by atoms with Crippen molar-refractivity contribution in [1.82, 2.24) is 4.90 Å². The molecule has 3 unspecified atom stereocenters. The summed E-state index contributed by atoms with van der Waals surface area (Å²) in [5.74, 6) is 0.119. The number of nitrogens with two attached hydrogens (primary N) is 1. The fourth-order valence-electron chi connectivity index (χ4n) is 2.89. The number of sulfone groups is 1. The van der Waals surface area contributed by atoms with Crippen molar-refractivity contribution in [2.75, 3.05) is 18.6 Å². The van der Waals surface area contributed by atoms with Crippen LogP contribution in [0.25, 0.3) is 0 Å². The van der Waals surface area contributed by atoms with E-state index in [9.17, 15) is 12.8 Å². The minimum Gasteiger partial charge on any atom is -0.326 e. The van der Waals surface area contributed by atoms with Gasteiger partial charge in [0.2, 0.25) is 0 Å². The Morgan fingerprint density at radius 1 is 1.35 bits per heavy atom. The SMILES string of the molecule is CC(N)C(c1ccc(F)cc1)N(C)C1CCS(=O)(=O)C1. The number of hydrogen-bond donors (Lipinski definition) is 1. The van der Waals surface area contributed by atoms with E-state index in [2.05, 4.69) is 0 Å². The molecule has 0 spiro atoms. The second-order valence-corrected chi connectivity index (χ2v) is 7.81. The summed E-state index contributed by atoms with van der Waals surface area (Å²) in [5, 5.41) is 0. The second kappa shape index (κ2) is 5.79. The summed E-state index contributed by atoms with van der Waals surface area (Å²) in [5.41, 5.74) is 6.97. The minimum atomic E-state index is -2.93. The van der Waals surface area contributed by atoms with Crippen LogP contribution in [0, 0.1) is 5.82 Å². The third-order valence-electron chi connectivity index (χ3n) is 3.93. The molecule has 2 rings (SSSR count). The topological polar surface area (TPSA) is 63.4 Å². The van der Waals surface area contributed by atoms with Gasteiger partial charge in [-0.3, -0.25) is 4.90 Å². The van der Waals surface area contributed by atoms with Crippen molar-refractivity contribution < 1.29 is 12.8 Å². The van der Waals surface area contributed by atoms with Gasteiger partial charge in [-0.05, 0) is 38.1 Å². The maximum absolute atomic E-state index is 13.0. The Balaban J connectivity index is 2.23. The highest BCUT2D eigenvalue weighted by molar-refractivity contribution is 7.91. The van der Waals surface area contributed by atoms with Crippen LogP contribution in [0.3, 0.4) is 0 Å². The van der Waals surface area contributed by atoms with Crippen LogP contribution < -0.4 is 5.73 Å². The van der Waals surface area contributed by atoms with E-state index < -0.39 is 9.84 Å². The van der Waals surface area contributed by atoms with Crippen LogP contribution in [-0.4, -0.2) is 44.0 Å². The molecule has 20 heavy (non-hydrogen) atoms. The Labute approximate surface area is 119 Å². The molecule has 6 heteroatoms. The van der Waals surface area contributed by atoms with Crippen LogP contribution in [0.5, 0.6) is 0 Å². The largest absolute Gasteiger partial charge is 0.326 e. The summed E-state index contributed by atoms with van der Waals surface area (Å²) in [6.45, 7) is 1.88. The van der Waals surface area contributed by atoms with E-state index in [0.29, 0.717) is 6.42 Å². The average Bonchev–Trinajstić information content (AvgIpc) is 2.72. The summed E-state index contributed by atoms with van der Waals surface area (Å²) in [6, 6.07) is 5.92. The van der Waals surface area contributed by atoms with Crippen molar-refractivity contribution in [2.45, 2.75) is 31.5 Å². The smallest absolute Gasteiger partial charge is 0.151 e. The predicted octanol–water partition coefficient (Wildman–Crippen LogP) is 1.33. The van der Waals surface area contributed by atoms with Gasteiger partial charge in [0.15, 0.2) is 9.84 Å². The predicted molar refractivity (Wildman–Crippen MR) is 77.6 cm³/mol. The van der Waals surface area contributed by atoms with E-state index in [-0.39, 0.29) is 35.4 Å². The Bertz CT molecular complexity index is 557. The fraction of sp³-hybridized carbons (Fsp3) is 0.571. The van der Waals surface area contributed by atoms with Crippen LogP contribution in [0.2, 0.25) is 0 Å². The lowest BCUT2D eigenvalue weighted by molar-refractivity contribution is 0.168. The zero-order valence-corrected chi connectivity index (χ0v) is 12.6. The summed E-state index contributed by atoms with van der Waals surface area (Å²) < 4.78 is 36.3. The van der Waals surface area contributed by atoms with Gasteiger partial charge in [-0.1, -0.05) is 12.1 Å². The first kappa shape index (κ1) is 15.4. The zero-order chi connectivity index (χ0) is 14.9. The van der Waals surface area contributed by atoms with Gasteiger partial charge in [-0.25, -0.2) is 12.8 Å². The van der Waals surface area contributed by atoms with E-state index in [1.54, 1.807) is 12.1 Å². The van der Waals surface area contributed by atoms with Crippen molar-refractivity contribution in [3.63, 3.8) is 0 Å². The number of likely N-dealkylation sites (N-methyl/N-ethyl adjacent to an activating group) is 1. The van der Waals surface area contributed by atoms with E-state index in [4.69, 9.17) is 5.73 Å². The number of halogens is 1. The summed E-state index contributed by atoms with van der Waals surface area (Å²) in [7, 11) is -1.04. The van der Waals surface area contributed by atoms with Crippen LogP contribution >= 0.6 is 0 Å². The molecular formula is C14H21FN2O2S. The maximum atomic E-state index is 13.0. The molecule has 1 aliphatic rings. The molecule has 1 saturated heterocycles. The highest BCUT2D eigenvalue weighted by Crippen LogP contribution is 2.28. The Kier molecular flexibility index (Phi) is 4.46. The molecule has 4 nitrogen and oxygen atoms in total. The van der Waals surface area contributed by atoms with E-state index >= 15 is 0 Å². The van der Waals surface area contributed by atoms with Gasteiger partial charge >= 0.3 is 0 Å². The van der Waals surface area contributed by atoms with Crippen molar-refractivity contribution >= 4 is 9.84 Å². The molecule has 1 aromatic rings. The molecule has 3 atom stereocenters. The summed E-state index contributed by atoms with van der Waals surface area (Å²) >= 11 is 0. The van der Waals surface area contributed by atoms with Crippen molar-refractivity contribution in [1.29, 1.82) is 0 Å². The minimum absolute atomic E-state index is 0.0268. The van der Waals surface area contributed by atoms with E-state index in [1.165, 1.54) is 12.1 Å². The first-order valence-electron chi connectivity index (χ1n) is 6.73. The highest BCUT2D eigenvalue weighted by Gasteiger charge is 2.35. The molecule has 1 aromatic carbocycles. The molecule has 0 saturated carbocycles. The van der Waals surface area contributed by atoms with E-state index in [1.807, 2.05) is 18.9 Å². The molecule has 1 heterocycles. The number of benzene rings is 1. The normalized spacial score (nSPS) is 24.8. The third kappa shape index (κ3) is 3.37. The number of rotatable bonds is 4. The molecule has 112 valence electrons. The number of hydrogen-bond acceptors (Lipinski definition) is 4. The van der Waals surface area contributed by atoms with Crippen molar-refractivity contribution in [2.24, 2.45) is 5.73 Å². The Morgan fingerprint density at radius 2 is 1.95 bits per heavy atom.